The highest BCUT2D eigenvalue weighted by Gasteiger charge is 2.38. The van der Waals surface area contributed by atoms with Gasteiger partial charge >= 0.3 is 0 Å². The van der Waals surface area contributed by atoms with E-state index in [-0.39, 0.29) is 24.3 Å². The average Bonchev–Trinajstić information content (AvgIpc) is 2.87. The molecule has 3 rings (SSSR count). The van der Waals surface area contributed by atoms with E-state index in [1.807, 2.05) is 0 Å². The molecule has 2 N–H and O–H groups in total. The molecule has 1 unspecified atom stereocenters. The number of carbonyl (C=O) groups is 1. The molecule has 0 saturated carbocycles. The van der Waals surface area contributed by atoms with Gasteiger partial charge in [-0.3, -0.25) is 4.79 Å². The second-order valence-electron chi connectivity index (χ2n) is 7.70. The van der Waals surface area contributed by atoms with Gasteiger partial charge in [-0.15, -0.1) is 0 Å². The molecule has 0 aromatic heterocycles. The second kappa shape index (κ2) is 7.50. The fourth-order valence-electron chi connectivity index (χ4n) is 3.78. The number of nitrogens with zero attached hydrogens (tertiary/aromatic N) is 1. The van der Waals surface area contributed by atoms with E-state index in [1.165, 1.54) is 11.1 Å². The number of rotatable bonds is 6. The lowest BCUT2D eigenvalue weighted by Gasteiger charge is -2.30. The average molecular weight is 352 g/mol. The summed E-state index contributed by atoms with van der Waals surface area (Å²) in [5.41, 5.74) is 5.13. The van der Waals surface area contributed by atoms with Crippen LogP contribution in [-0.4, -0.2) is 35.6 Å². The number of anilines is 1. The predicted molar refractivity (Wildman–Crippen MR) is 105 cm³/mol. The Balaban J connectivity index is 1.64. The minimum absolute atomic E-state index is 0.0415. The van der Waals surface area contributed by atoms with Crippen LogP contribution in [0.3, 0.4) is 0 Å². The van der Waals surface area contributed by atoms with E-state index in [9.17, 15) is 4.79 Å². The fourth-order valence-corrected chi connectivity index (χ4v) is 3.78. The first-order valence-corrected chi connectivity index (χ1v) is 9.20. The van der Waals surface area contributed by atoms with Crippen molar-refractivity contribution in [2.45, 2.75) is 44.7 Å². The molecule has 2 aromatic rings. The molecule has 0 aliphatic heterocycles. The maximum Gasteiger partial charge on any atom is 0.224 e. The Labute approximate surface area is 155 Å². The van der Waals surface area contributed by atoms with Crippen LogP contribution < -0.4 is 5.32 Å². The quantitative estimate of drug-likeness (QED) is 0.838. The third-order valence-corrected chi connectivity index (χ3v) is 5.47. The Morgan fingerprint density at radius 2 is 1.88 bits per heavy atom. The van der Waals surface area contributed by atoms with Crippen molar-refractivity contribution in [3.63, 3.8) is 0 Å². The molecule has 1 amide bonds. The number of fused-ring (bicyclic) bond motifs is 1. The summed E-state index contributed by atoms with van der Waals surface area (Å²) in [4.78, 5) is 13.4. The summed E-state index contributed by atoms with van der Waals surface area (Å²) in [6.07, 6.45) is 1.21. The third kappa shape index (κ3) is 3.75. The molecular weight excluding hydrogens is 324 g/mol. The highest BCUT2D eigenvalue weighted by Crippen LogP contribution is 2.39. The normalized spacial score (nSPS) is 17.6. The number of hydrogen-bond donors (Lipinski definition) is 2. The highest BCUT2D eigenvalue weighted by atomic mass is 16.3. The van der Waals surface area contributed by atoms with Crippen LogP contribution >= 0.6 is 0 Å². The van der Waals surface area contributed by atoms with Crippen molar-refractivity contribution in [1.82, 2.24) is 4.90 Å². The van der Waals surface area contributed by atoms with E-state index in [4.69, 9.17) is 5.11 Å². The molecule has 138 valence electrons. The van der Waals surface area contributed by atoms with E-state index in [0.717, 1.165) is 17.7 Å². The van der Waals surface area contributed by atoms with Gasteiger partial charge in [0.05, 0.1) is 6.61 Å². The summed E-state index contributed by atoms with van der Waals surface area (Å²) in [6.45, 7) is 5.05. The predicted octanol–water partition coefficient (Wildman–Crippen LogP) is 3.34. The van der Waals surface area contributed by atoms with Gasteiger partial charge in [0.15, 0.2) is 0 Å². The molecule has 0 fully saturated rings. The Morgan fingerprint density at radius 3 is 2.54 bits per heavy atom. The van der Waals surface area contributed by atoms with Crippen molar-refractivity contribution in [1.29, 1.82) is 0 Å². The molecule has 0 spiro atoms. The van der Waals surface area contributed by atoms with Gasteiger partial charge in [-0.05, 0) is 35.2 Å². The Kier molecular flexibility index (Phi) is 5.33. The molecule has 0 saturated heterocycles. The van der Waals surface area contributed by atoms with Crippen molar-refractivity contribution in [2.24, 2.45) is 0 Å². The van der Waals surface area contributed by atoms with Gasteiger partial charge in [0.1, 0.15) is 0 Å². The van der Waals surface area contributed by atoms with Crippen molar-refractivity contribution >= 4 is 11.6 Å². The summed E-state index contributed by atoms with van der Waals surface area (Å²) >= 11 is 0. The first-order valence-electron chi connectivity index (χ1n) is 9.20. The first-order chi connectivity index (χ1) is 12.4. The standard InChI is InChI=1S/C22H28N2O2/c1-22(2)19-7-5-4-6-17(19)14-20(22)23-18-10-8-16(9-11-18)15-24(3)21(26)12-13-25/h4-11,20,23,25H,12-15H2,1-3H3. The minimum atomic E-state index is -0.106. The van der Waals surface area contributed by atoms with Crippen LogP contribution in [0.5, 0.6) is 0 Å². The molecule has 4 nitrogen and oxygen atoms in total. The second-order valence-corrected chi connectivity index (χ2v) is 7.70. The van der Waals surface area contributed by atoms with Gasteiger partial charge in [0.2, 0.25) is 5.91 Å². The van der Waals surface area contributed by atoms with Gasteiger partial charge in [-0.2, -0.15) is 0 Å². The van der Waals surface area contributed by atoms with Crippen LogP contribution in [0.15, 0.2) is 48.5 Å². The van der Waals surface area contributed by atoms with Crippen molar-refractivity contribution < 1.29 is 9.90 Å². The maximum atomic E-state index is 11.8. The lowest BCUT2D eigenvalue weighted by atomic mass is 9.83. The lowest BCUT2D eigenvalue weighted by Crippen LogP contribution is -2.36. The van der Waals surface area contributed by atoms with Gasteiger partial charge < -0.3 is 15.3 Å². The summed E-state index contributed by atoms with van der Waals surface area (Å²) in [5, 5.41) is 12.6. The van der Waals surface area contributed by atoms with Crippen LogP contribution in [0.2, 0.25) is 0 Å². The summed E-state index contributed by atoms with van der Waals surface area (Å²) in [7, 11) is 1.77. The molecule has 4 heteroatoms. The topological polar surface area (TPSA) is 52.6 Å². The largest absolute Gasteiger partial charge is 0.396 e. The summed E-state index contributed by atoms with van der Waals surface area (Å²) in [5.74, 6) is -0.0415. The summed E-state index contributed by atoms with van der Waals surface area (Å²) < 4.78 is 0. The molecule has 1 aliphatic carbocycles. The van der Waals surface area contributed by atoms with Gasteiger partial charge in [0, 0.05) is 37.2 Å². The molecule has 0 radical (unpaired) electrons. The Bertz CT molecular complexity index is 768. The lowest BCUT2D eigenvalue weighted by molar-refractivity contribution is -0.131. The van der Waals surface area contributed by atoms with Crippen LogP contribution in [-0.2, 0) is 23.2 Å². The number of nitrogens with one attached hydrogen (secondary N) is 1. The van der Waals surface area contributed by atoms with E-state index >= 15 is 0 Å². The Morgan fingerprint density at radius 1 is 1.19 bits per heavy atom. The molecular formula is C22H28N2O2. The number of aliphatic hydroxyl groups is 1. The van der Waals surface area contributed by atoms with Crippen molar-refractivity contribution in [3.8, 4) is 0 Å². The third-order valence-electron chi connectivity index (χ3n) is 5.47. The Hall–Kier alpha value is -2.33. The minimum Gasteiger partial charge on any atom is -0.396 e. The summed E-state index contributed by atoms with van der Waals surface area (Å²) in [6, 6.07) is 17.3. The first kappa shape index (κ1) is 18.5. The van der Waals surface area contributed by atoms with Crippen LogP contribution in [0.1, 0.15) is 37.0 Å². The number of amides is 1. The number of hydrogen-bond acceptors (Lipinski definition) is 3. The number of carbonyl (C=O) groups excluding carboxylic acids is 1. The molecule has 1 aliphatic rings. The van der Waals surface area contributed by atoms with Crippen LogP contribution in [0, 0.1) is 0 Å². The molecule has 0 bridgehead atoms. The zero-order valence-corrected chi connectivity index (χ0v) is 15.8. The van der Waals surface area contributed by atoms with Crippen molar-refractivity contribution in [3.05, 3.63) is 65.2 Å². The molecule has 0 heterocycles. The van der Waals surface area contributed by atoms with Crippen molar-refractivity contribution in [2.75, 3.05) is 19.0 Å². The van der Waals surface area contributed by atoms with E-state index in [2.05, 4.69) is 67.7 Å². The van der Waals surface area contributed by atoms with E-state index in [1.54, 1.807) is 11.9 Å². The van der Waals surface area contributed by atoms with Gasteiger partial charge in [-0.1, -0.05) is 50.2 Å². The highest BCUT2D eigenvalue weighted by molar-refractivity contribution is 5.75. The SMILES string of the molecule is CN(Cc1ccc(NC2Cc3ccccc3C2(C)C)cc1)C(=O)CCO. The smallest absolute Gasteiger partial charge is 0.224 e. The van der Waals surface area contributed by atoms with E-state index in [0.29, 0.717) is 12.6 Å². The molecule has 2 aromatic carbocycles. The number of aliphatic hydroxyl groups excluding tert-OH is 1. The zero-order chi connectivity index (χ0) is 18.7. The van der Waals surface area contributed by atoms with Gasteiger partial charge in [0.25, 0.3) is 0 Å². The van der Waals surface area contributed by atoms with Crippen LogP contribution in [0.4, 0.5) is 5.69 Å². The van der Waals surface area contributed by atoms with Crippen LogP contribution in [0.25, 0.3) is 0 Å². The maximum absolute atomic E-state index is 11.8. The van der Waals surface area contributed by atoms with E-state index < -0.39 is 0 Å². The monoisotopic (exact) mass is 352 g/mol. The zero-order valence-electron chi connectivity index (χ0n) is 15.8. The van der Waals surface area contributed by atoms with Gasteiger partial charge in [-0.25, -0.2) is 0 Å². The fraction of sp³-hybridized carbons (Fsp3) is 0.409. The molecule has 26 heavy (non-hydrogen) atoms. The number of benzene rings is 2. The molecule has 1 atom stereocenters.